The van der Waals surface area contributed by atoms with Crippen molar-refractivity contribution in [1.29, 1.82) is 0 Å². The first kappa shape index (κ1) is 20.5. The Balaban J connectivity index is 0.00000441. The van der Waals surface area contributed by atoms with Gasteiger partial charge in [0.25, 0.3) is 0 Å². The van der Waals surface area contributed by atoms with Crippen molar-refractivity contribution in [3.8, 4) is 5.75 Å². The van der Waals surface area contributed by atoms with Crippen LogP contribution in [0.3, 0.4) is 0 Å². The fourth-order valence-electron chi connectivity index (χ4n) is 1.81. The van der Waals surface area contributed by atoms with E-state index in [0.29, 0.717) is 24.0 Å². The number of carbonyl (C=O) groups excluding carboxylic acids is 1. The van der Waals surface area contributed by atoms with Crippen LogP contribution in [-0.4, -0.2) is 32.1 Å². The van der Waals surface area contributed by atoms with Gasteiger partial charge in [-0.1, -0.05) is 6.07 Å². The molecule has 0 fully saturated rings. The zero-order chi connectivity index (χ0) is 15.8. The Morgan fingerprint density at radius 3 is 2.55 bits per heavy atom. The number of rotatable bonds is 5. The van der Waals surface area contributed by atoms with Crippen LogP contribution >= 0.6 is 24.0 Å². The van der Waals surface area contributed by atoms with Crippen molar-refractivity contribution < 1.29 is 9.53 Å². The molecule has 0 radical (unpaired) electrons. The molecule has 0 saturated heterocycles. The van der Waals surface area contributed by atoms with Crippen molar-refractivity contribution in [2.45, 2.75) is 33.4 Å². The highest BCUT2D eigenvalue weighted by Crippen LogP contribution is 2.25. The number of hydrogen-bond donors (Lipinski definition) is 3. The number of nitrogens with zero attached hydrogens (tertiary/aromatic N) is 1. The summed E-state index contributed by atoms with van der Waals surface area (Å²) in [7, 11) is 3.31. The molecule has 0 unspecified atom stereocenters. The largest absolute Gasteiger partial charge is 0.495 e. The molecular formula is C15H25IN4O2. The van der Waals surface area contributed by atoms with Crippen LogP contribution in [0.4, 0.5) is 5.69 Å². The van der Waals surface area contributed by atoms with Crippen LogP contribution < -0.4 is 20.7 Å². The summed E-state index contributed by atoms with van der Waals surface area (Å²) in [5.41, 5.74) is 1.68. The zero-order valence-corrected chi connectivity index (χ0v) is 16.0. The van der Waals surface area contributed by atoms with Crippen LogP contribution in [0.15, 0.2) is 23.2 Å². The standard InChI is InChI=1S/C15H24N4O2.HI/c1-10(2)18-15(16-4)17-9-12-6-7-14(21-5)13(8-12)19-11(3)20;/h6-8,10H,9H2,1-5H3,(H,19,20)(H2,16,17,18);1H. The molecule has 0 aliphatic rings. The minimum Gasteiger partial charge on any atom is -0.495 e. The summed E-state index contributed by atoms with van der Waals surface area (Å²) in [6, 6.07) is 5.97. The van der Waals surface area contributed by atoms with Gasteiger partial charge in [-0.3, -0.25) is 9.79 Å². The van der Waals surface area contributed by atoms with Crippen molar-refractivity contribution in [2.24, 2.45) is 4.99 Å². The van der Waals surface area contributed by atoms with E-state index in [0.717, 1.165) is 11.5 Å². The van der Waals surface area contributed by atoms with Crippen LogP contribution in [0.5, 0.6) is 5.75 Å². The predicted molar refractivity (Wildman–Crippen MR) is 101 cm³/mol. The molecule has 1 rings (SSSR count). The number of ether oxygens (including phenoxy) is 1. The number of hydrogen-bond acceptors (Lipinski definition) is 3. The highest BCUT2D eigenvalue weighted by Gasteiger charge is 2.07. The summed E-state index contributed by atoms with van der Waals surface area (Å²) in [6.45, 7) is 6.17. The number of amides is 1. The summed E-state index contributed by atoms with van der Waals surface area (Å²) >= 11 is 0. The number of methoxy groups -OCH3 is 1. The fraction of sp³-hybridized carbons (Fsp3) is 0.467. The Labute approximate surface area is 149 Å². The van der Waals surface area contributed by atoms with Crippen LogP contribution in [0.1, 0.15) is 26.3 Å². The van der Waals surface area contributed by atoms with Gasteiger partial charge in [0, 0.05) is 26.6 Å². The monoisotopic (exact) mass is 420 g/mol. The zero-order valence-electron chi connectivity index (χ0n) is 13.7. The number of halogens is 1. The van der Waals surface area contributed by atoms with E-state index in [9.17, 15) is 4.79 Å². The lowest BCUT2D eigenvalue weighted by Gasteiger charge is -2.15. The molecule has 1 aromatic carbocycles. The van der Waals surface area contributed by atoms with Crippen LogP contribution in [0.2, 0.25) is 0 Å². The normalized spacial score (nSPS) is 10.7. The van der Waals surface area contributed by atoms with E-state index in [1.165, 1.54) is 6.92 Å². The van der Waals surface area contributed by atoms with Crippen molar-refractivity contribution in [2.75, 3.05) is 19.5 Å². The topological polar surface area (TPSA) is 74.8 Å². The van der Waals surface area contributed by atoms with Gasteiger partial charge in [0.1, 0.15) is 5.75 Å². The maximum Gasteiger partial charge on any atom is 0.221 e. The van der Waals surface area contributed by atoms with Gasteiger partial charge in [0.2, 0.25) is 5.91 Å². The molecule has 1 aromatic rings. The van der Waals surface area contributed by atoms with E-state index >= 15 is 0 Å². The highest BCUT2D eigenvalue weighted by atomic mass is 127. The molecular weight excluding hydrogens is 395 g/mol. The summed E-state index contributed by atoms with van der Waals surface area (Å²) in [6.07, 6.45) is 0. The predicted octanol–water partition coefficient (Wildman–Crippen LogP) is 2.35. The molecule has 0 aliphatic carbocycles. The molecule has 124 valence electrons. The van der Waals surface area contributed by atoms with Gasteiger partial charge >= 0.3 is 0 Å². The van der Waals surface area contributed by atoms with Crippen LogP contribution in [0, 0.1) is 0 Å². The Morgan fingerprint density at radius 2 is 2.05 bits per heavy atom. The summed E-state index contributed by atoms with van der Waals surface area (Å²) in [5.74, 6) is 1.25. The molecule has 0 spiro atoms. The van der Waals surface area contributed by atoms with Gasteiger partial charge in [-0.25, -0.2) is 0 Å². The number of guanidine groups is 1. The van der Waals surface area contributed by atoms with Gasteiger partial charge < -0.3 is 20.7 Å². The molecule has 0 heterocycles. The lowest BCUT2D eigenvalue weighted by molar-refractivity contribution is -0.114. The third kappa shape index (κ3) is 6.97. The van der Waals surface area contributed by atoms with Crippen LogP contribution in [0.25, 0.3) is 0 Å². The number of aliphatic imine (C=N–C) groups is 1. The number of anilines is 1. The second kappa shape index (κ2) is 10.3. The van der Waals surface area contributed by atoms with E-state index in [-0.39, 0.29) is 29.9 Å². The van der Waals surface area contributed by atoms with Crippen LogP contribution in [-0.2, 0) is 11.3 Å². The smallest absolute Gasteiger partial charge is 0.221 e. The van der Waals surface area contributed by atoms with E-state index in [4.69, 9.17) is 4.74 Å². The molecule has 1 amide bonds. The SMILES string of the molecule is CN=C(NCc1ccc(OC)c(NC(C)=O)c1)NC(C)C.I. The Morgan fingerprint density at radius 1 is 1.36 bits per heavy atom. The Kier molecular flexibility index (Phi) is 9.55. The van der Waals surface area contributed by atoms with E-state index in [1.54, 1.807) is 14.2 Å². The van der Waals surface area contributed by atoms with Gasteiger partial charge in [-0.15, -0.1) is 24.0 Å². The minimum atomic E-state index is -0.129. The van der Waals surface area contributed by atoms with Crippen molar-refractivity contribution >= 4 is 41.5 Å². The van der Waals surface area contributed by atoms with Gasteiger partial charge in [-0.05, 0) is 31.5 Å². The first-order valence-corrected chi connectivity index (χ1v) is 6.88. The molecule has 6 nitrogen and oxygen atoms in total. The van der Waals surface area contributed by atoms with E-state index in [2.05, 4.69) is 34.8 Å². The maximum atomic E-state index is 11.2. The fourth-order valence-corrected chi connectivity index (χ4v) is 1.81. The highest BCUT2D eigenvalue weighted by molar-refractivity contribution is 14.0. The lowest BCUT2D eigenvalue weighted by atomic mass is 10.2. The molecule has 7 heteroatoms. The van der Waals surface area contributed by atoms with E-state index < -0.39 is 0 Å². The Bertz CT molecular complexity index is 518. The third-order valence-corrected chi connectivity index (χ3v) is 2.68. The first-order chi connectivity index (χ1) is 9.96. The minimum absolute atomic E-state index is 0. The molecule has 0 bridgehead atoms. The second-order valence-electron chi connectivity index (χ2n) is 4.94. The third-order valence-electron chi connectivity index (χ3n) is 2.68. The van der Waals surface area contributed by atoms with E-state index in [1.807, 2.05) is 18.2 Å². The van der Waals surface area contributed by atoms with Gasteiger partial charge in [0.15, 0.2) is 5.96 Å². The number of benzene rings is 1. The summed E-state index contributed by atoms with van der Waals surface area (Å²) in [5, 5.41) is 9.19. The van der Waals surface area contributed by atoms with Crippen molar-refractivity contribution in [3.05, 3.63) is 23.8 Å². The average Bonchev–Trinajstić information content (AvgIpc) is 2.42. The van der Waals surface area contributed by atoms with Crippen molar-refractivity contribution in [1.82, 2.24) is 10.6 Å². The summed E-state index contributed by atoms with van der Waals surface area (Å²) < 4.78 is 5.23. The van der Waals surface area contributed by atoms with Gasteiger partial charge in [0.05, 0.1) is 12.8 Å². The number of carbonyl (C=O) groups is 1. The first-order valence-electron chi connectivity index (χ1n) is 6.88. The van der Waals surface area contributed by atoms with Gasteiger partial charge in [-0.2, -0.15) is 0 Å². The lowest BCUT2D eigenvalue weighted by Crippen LogP contribution is -2.40. The molecule has 0 saturated carbocycles. The molecule has 3 N–H and O–H groups in total. The van der Waals surface area contributed by atoms with Crippen molar-refractivity contribution in [3.63, 3.8) is 0 Å². The Hall–Kier alpha value is -1.51. The number of nitrogens with one attached hydrogen (secondary N) is 3. The molecule has 22 heavy (non-hydrogen) atoms. The molecule has 0 aromatic heterocycles. The molecule has 0 aliphatic heterocycles. The second-order valence-corrected chi connectivity index (χ2v) is 4.94. The maximum absolute atomic E-state index is 11.2. The quantitative estimate of drug-likeness (QED) is 0.389. The molecule has 0 atom stereocenters. The average molecular weight is 420 g/mol. The summed E-state index contributed by atoms with van der Waals surface area (Å²) in [4.78, 5) is 15.4.